The highest BCUT2D eigenvalue weighted by Gasteiger charge is 2.31. The fourth-order valence-corrected chi connectivity index (χ4v) is 5.57. The third kappa shape index (κ3) is 3.78. The summed E-state index contributed by atoms with van der Waals surface area (Å²) in [6.07, 6.45) is 1.44. The molecule has 1 amide bonds. The molecule has 0 aromatic carbocycles. The third-order valence-corrected chi connectivity index (χ3v) is 7.07. The summed E-state index contributed by atoms with van der Waals surface area (Å²) in [5, 5.41) is 11.9. The van der Waals surface area contributed by atoms with Gasteiger partial charge < -0.3 is 5.32 Å². The van der Waals surface area contributed by atoms with Crippen LogP contribution < -0.4 is 5.32 Å². The lowest BCUT2D eigenvalue weighted by atomic mass is 10.1. The second kappa shape index (κ2) is 7.10. The minimum absolute atomic E-state index is 0.105. The maximum absolute atomic E-state index is 12.6. The summed E-state index contributed by atoms with van der Waals surface area (Å²) in [7, 11) is -3.00. The monoisotopic (exact) mass is 393 g/mol. The average Bonchev–Trinajstić information content (AvgIpc) is 3.17. The number of nitrogens with one attached hydrogen (secondary N) is 1. The van der Waals surface area contributed by atoms with Crippen molar-refractivity contribution in [2.24, 2.45) is 0 Å². The van der Waals surface area contributed by atoms with Gasteiger partial charge in [-0.25, -0.2) is 8.42 Å². The van der Waals surface area contributed by atoms with E-state index in [1.54, 1.807) is 9.36 Å². The van der Waals surface area contributed by atoms with Gasteiger partial charge >= 0.3 is 0 Å². The van der Waals surface area contributed by atoms with Crippen LogP contribution in [0.15, 0.2) is 0 Å². The zero-order valence-electron chi connectivity index (χ0n) is 16.5. The number of hydrogen-bond donors (Lipinski definition) is 1. The van der Waals surface area contributed by atoms with E-state index in [0.717, 1.165) is 23.5 Å². The summed E-state index contributed by atoms with van der Waals surface area (Å²) in [5.74, 6) is 0.122. The van der Waals surface area contributed by atoms with Gasteiger partial charge in [0.1, 0.15) is 6.54 Å². The Morgan fingerprint density at radius 1 is 1.15 bits per heavy atom. The van der Waals surface area contributed by atoms with Crippen molar-refractivity contribution in [3.8, 4) is 0 Å². The maximum atomic E-state index is 12.6. The minimum atomic E-state index is -3.00. The number of aromatic nitrogens is 4. The Morgan fingerprint density at radius 2 is 1.85 bits per heavy atom. The van der Waals surface area contributed by atoms with Crippen LogP contribution in [0, 0.1) is 27.7 Å². The van der Waals surface area contributed by atoms with E-state index in [-0.39, 0.29) is 30.0 Å². The van der Waals surface area contributed by atoms with Gasteiger partial charge in [-0.2, -0.15) is 10.2 Å². The fraction of sp³-hybridized carbons (Fsp3) is 0.611. The second-order valence-electron chi connectivity index (χ2n) is 7.26. The van der Waals surface area contributed by atoms with Crippen LogP contribution in [0.4, 0.5) is 5.69 Å². The smallest absolute Gasteiger partial charge is 0.246 e. The van der Waals surface area contributed by atoms with Crippen LogP contribution in [0.25, 0.3) is 0 Å². The van der Waals surface area contributed by atoms with Crippen molar-refractivity contribution in [2.75, 3.05) is 16.8 Å². The average molecular weight is 394 g/mol. The number of sulfone groups is 1. The molecule has 3 heterocycles. The fourth-order valence-electron chi connectivity index (χ4n) is 3.88. The van der Waals surface area contributed by atoms with E-state index in [4.69, 9.17) is 0 Å². The summed E-state index contributed by atoms with van der Waals surface area (Å²) in [4.78, 5) is 12.6. The van der Waals surface area contributed by atoms with Crippen molar-refractivity contribution in [3.63, 3.8) is 0 Å². The van der Waals surface area contributed by atoms with E-state index in [0.29, 0.717) is 17.8 Å². The molecule has 148 valence electrons. The molecule has 1 fully saturated rings. The van der Waals surface area contributed by atoms with Gasteiger partial charge in [0.2, 0.25) is 5.91 Å². The van der Waals surface area contributed by atoms with E-state index in [9.17, 15) is 13.2 Å². The zero-order valence-corrected chi connectivity index (χ0v) is 17.4. The Kier molecular flexibility index (Phi) is 5.16. The van der Waals surface area contributed by atoms with Crippen molar-refractivity contribution in [2.45, 2.75) is 60.0 Å². The zero-order chi connectivity index (χ0) is 19.9. The molecule has 1 aliphatic rings. The van der Waals surface area contributed by atoms with Crippen molar-refractivity contribution in [1.82, 2.24) is 19.6 Å². The van der Waals surface area contributed by atoms with Crippen LogP contribution in [0.1, 0.15) is 47.7 Å². The first-order valence-electron chi connectivity index (χ1n) is 9.21. The Bertz CT molecular complexity index is 987. The topological polar surface area (TPSA) is 98.9 Å². The molecular weight excluding hydrogens is 366 g/mol. The van der Waals surface area contributed by atoms with Gasteiger partial charge in [0.15, 0.2) is 9.84 Å². The molecular formula is C18H27N5O3S. The van der Waals surface area contributed by atoms with Crippen LogP contribution in [0.5, 0.6) is 0 Å². The maximum Gasteiger partial charge on any atom is 0.246 e. The van der Waals surface area contributed by atoms with E-state index in [1.165, 1.54) is 5.56 Å². The van der Waals surface area contributed by atoms with Crippen LogP contribution in [0.2, 0.25) is 0 Å². The second-order valence-corrected chi connectivity index (χ2v) is 9.48. The largest absolute Gasteiger partial charge is 0.321 e. The Balaban J connectivity index is 1.77. The Morgan fingerprint density at radius 3 is 2.41 bits per heavy atom. The van der Waals surface area contributed by atoms with Crippen LogP contribution in [-0.4, -0.2) is 45.4 Å². The van der Waals surface area contributed by atoms with E-state index >= 15 is 0 Å². The SMILES string of the molecule is CCc1c(C)nn(CC(=O)Nc2c(C)nn(C3CCS(=O)(=O)C3)c2C)c1C. The number of aryl methyl sites for hydroxylation is 2. The van der Waals surface area contributed by atoms with Gasteiger partial charge in [-0.05, 0) is 46.1 Å². The quantitative estimate of drug-likeness (QED) is 0.836. The van der Waals surface area contributed by atoms with Crippen LogP contribution >= 0.6 is 0 Å². The van der Waals surface area contributed by atoms with Gasteiger partial charge in [-0.15, -0.1) is 0 Å². The molecule has 0 spiro atoms. The van der Waals surface area contributed by atoms with E-state index in [1.807, 2.05) is 27.7 Å². The predicted molar refractivity (Wildman–Crippen MR) is 104 cm³/mol. The lowest BCUT2D eigenvalue weighted by molar-refractivity contribution is -0.117. The highest BCUT2D eigenvalue weighted by Crippen LogP contribution is 2.29. The van der Waals surface area contributed by atoms with Crippen molar-refractivity contribution >= 4 is 21.4 Å². The molecule has 1 saturated heterocycles. The molecule has 0 radical (unpaired) electrons. The Labute approximate surface area is 159 Å². The van der Waals surface area contributed by atoms with E-state index < -0.39 is 9.84 Å². The summed E-state index contributed by atoms with van der Waals surface area (Å²) in [5.41, 5.74) is 5.25. The van der Waals surface area contributed by atoms with Crippen molar-refractivity contribution < 1.29 is 13.2 Å². The lowest BCUT2D eigenvalue weighted by Crippen LogP contribution is -2.21. The van der Waals surface area contributed by atoms with E-state index in [2.05, 4.69) is 22.4 Å². The number of amides is 1. The van der Waals surface area contributed by atoms with Crippen molar-refractivity contribution in [1.29, 1.82) is 0 Å². The van der Waals surface area contributed by atoms with Crippen molar-refractivity contribution in [3.05, 3.63) is 28.3 Å². The molecule has 0 aliphatic carbocycles. The molecule has 1 unspecified atom stereocenters. The van der Waals surface area contributed by atoms with Gasteiger partial charge in [-0.1, -0.05) is 6.92 Å². The number of hydrogen-bond acceptors (Lipinski definition) is 5. The number of carbonyl (C=O) groups excluding carboxylic acids is 1. The van der Waals surface area contributed by atoms with Crippen LogP contribution in [-0.2, 0) is 27.6 Å². The molecule has 1 aliphatic heterocycles. The molecule has 1 atom stereocenters. The highest BCUT2D eigenvalue weighted by atomic mass is 32.2. The van der Waals surface area contributed by atoms with Crippen LogP contribution in [0.3, 0.4) is 0 Å². The standard InChI is InChI=1S/C18H27N5O3S/c1-6-16-11(2)20-22(13(16)4)9-17(24)19-18-12(3)21-23(14(18)5)15-7-8-27(25,26)10-15/h15H,6-10H2,1-5H3,(H,19,24). The highest BCUT2D eigenvalue weighted by molar-refractivity contribution is 7.91. The molecule has 3 rings (SSSR count). The molecule has 2 aromatic rings. The number of carbonyl (C=O) groups is 1. The minimum Gasteiger partial charge on any atom is -0.321 e. The predicted octanol–water partition coefficient (Wildman–Crippen LogP) is 1.87. The molecule has 0 bridgehead atoms. The first kappa shape index (κ1) is 19.6. The molecule has 27 heavy (non-hydrogen) atoms. The summed E-state index contributed by atoms with van der Waals surface area (Å²) >= 11 is 0. The molecule has 1 N–H and O–H groups in total. The first-order valence-corrected chi connectivity index (χ1v) is 11.0. The normalized spacial score (nSPS) is 18.8. The molecule has 8 nitrogen and oxygen atoms in total. The van der Waals surface area contributed by atoms with Gasteiger partial charge in [0, 0.05) is 5.69 Å². The Hall–Kier alpha value is -2.16. The number of rotatable bonds is 5. The first-order chi connectivity index (χ1) is 12.6. The summed E-state index contributed by atoms with van der Waals surface area (Å²) in [6, 6.07) is -0.164. The molecule has 9 heteroatoms. The summed E-state index contributed by atoms with van der Waals surface area (Å²) < 4.78 is 27.0. The molecule has 0 saturated carbocycles. The van der Waals surface area contributed by atoms with Gasteiger partial charge in [-0.3, -0.25) is 14.2 Å². The third-order valence-electron chi connectivity index (χ3n) is 5.32. The van der Waals surface area contributed by atoms with Gasteiger partial charge in [0.25, 0.3) is 0 Å². The number of nitrogens with zero attached hydrogens (tertiary/aromatic N) is 4. The molecule has 2 aromatic heterocycles. The summed E-state index contributed by atoms with van der Waals surface area (Å²) in [6.45, 7) is 9.82. The van der Waals surface area contributed by atoms with Gasteiger partial charge in [0.05, 0.1) is 40.3 Å². The lowest BCUT2D eigenvalue weighted by Gasteiger charge is -2.12. The number of anilines is 1.